The van der Waals surface area contributed by atoms with Crippen molar-refractivity contribution in [1.29, 1.82) is 0 Å². The van der Waals surface area contributed by atoms with Gasteiger partial charge in [-0.25, -0.2) is 4.39 Å². The Labute approximate surface area is 160 Å². The van der Waals surface area contributed by atoms with Crippen LogP contribution in [0.2, 0.25) is 0 Å². The first kappa shape index (κ1) is 18.2. The van der Waals surface area contributed by atoms with Crippen LogP contribution in [0, 0.1) is 11.7 Å². The lowest BCUT2D eigenvalue weighted by molar-refractivity contribution is -0.148. The van der Waals surface area contributed by atoms with Crippen LogP contribution >= 0.6 is 0 Å². The van der Waals surface area contributed by atoms with Crippen molar-refractivity contribution >= 4 is 28.9 Å². The van der Waals surface area contributed by atoms with Crippen LogP contribution in [0.15, 0.2) is 52.9 Å². The fourth-order valence-electron chi connectivity index (χ4n) is 3.28. The second-order valence-corrected chi connectivity index (χ2v) is 6.76. The van der Waals surface area contributed by atoms with Crippen LogP contribution in [-0.4, -0.2) is 36.4 Å². The lowest BCUT2D eigenvalue weighted by Crippen LogP contribution is -2.37. The fraction of sp³-hybridized carbons (Fsp3) is 0.286. The summed E-state index contributed by atoms with van der Waals surface area (Å²) in [5, 5.41) is 0. The summed E-state index contributed by atoms with van der Waals surface area (Å²) in [7, 11) is 0. The molecule has 0 radical (unpaired) electrons. The molecule has 0 aliphatic carbocycles. The molecule has 0 bridgehead atoms. The Bertz CT molecular complexity index is 958. The second kappa shape index (κ2) is 7.80. The van der Waals surface area contributed by atoms with Gasteiger partial charge in [-0.15, -0.1) is 0 Å². The molecule has 0 N–H and O–H groups in total. The van der Waals surface area contributed by atoms with Crippen molar-refractivity contribution in [2.75, 3.05) is 24.6 Å². The number of halogens is 1. The van der Waals surface area contributed by atoms with Crippen LogP contribution in [0.5, 0.6) is 0 Å². The lowest BCUT2D eigenvalue weighted by atomic mass is 9.97. The number of oxazole rings is 1. The van der Waals surface area contributed by atoms with Gasteiger partial charge in [-0.05, 0) is 49.2 Å². The zero-order valence-electron chi connectivity index (χ0n) is 15.1. The molecule has 1 aliphatic heterocycles. The predicted molar refractivity (Wildman–Crippen MR) is 101 cm³/mol. The molecule has 1 saturated heterocycles. The zero-order chi connectivity index (χ0) is 19.5. The number of ether oxygens (including phenoxy) is 1. The molecule has 6 nitrogen and oxygen atoms in total. The van der Waals surface area contributed by atoms with Crippen LogP contribution in [-0.2, 0) is 9.53 Å². The monoisotopic (exact) mass is 382 g/mol. The summed E-state index contributed by atoms with van der Waals surface area (Å²) in [4.78, 5) is 30.8. The summed E-state index contributed by atoms with van der Waals surface area (Å²) >= 11 is 0. The number of piperidine rings is 1. The van der Waals surface area contributed by atoms with Gasteiger partial charge in [0.25, 0.3) is 6.01 Å². The first-order valence-electron chi connectivity index (χ1n) is 9.16. The van der Waals surface area contributed by atoms with E-state index >= 15 is 0 Å². The Hall–Kier alpha value is -3.22. The molecule has 144 valence electrons. The minimum atomic E-state index is -0.417. The quantitative estimate of drug-likeness (QED) is 0.496. The summed E-state index contributed by atoms with van der Waals surface area (Å²) < 4.78 is 23.9. The fourth-order valence-corrected chi connectivity index (χ4v) is 3.28. The number of carbonyl (C=O) groups is 2. The number of aromatic nitrogens is 1. The third kappa shape index (κ3) is 3.88. The molecule has 4 rings (SSSR count). The van der Waals surface area contributed by atoms with Gasteiger partial charge in [0.05, 0.1) is 5.92 Å². The largest absolute Gasteiger partial charge is 0.457 e. The van der Waals surface area contributed by atoms with Crippen LogP contribution in [0.4, 0.5) is 10.4 Å². The first-order valence-corrected chi connectivity index (χ1v) is 9.16. The minimum Gasteiger partial charge on any atom is -0.457 e. The number of rotatable bonds is 5. The molecule has 0 spiro atoms. The van der Waals surface area contributed by atoms with Crippen molar-refractivity contribution in [3.8, 4) is 0 Å². The molecule has 3 aromatic rings. The molecular formula is C21H19FN2O4. The van der Waals surface area contributed by atoms with Gasteiger partial charge < -0.3 is 14.1 Å². The van der Waals surface area contributed by atoms with Gasteiger partial charge in [-0.2, -0.15) is 4.98 Å². The molecule has 0 unspecified atom stereocenters. The van der Waals surface area contributed by atoms with E-state index in [-0.39, 0.29) is 24.3 Å². The average molecular weight is 382 g/mol. The van der Waals surface area contributed by atoms with Crippen LogP contribution in [0.3, 0.4) is 0 Å². The van der Waals surface area contributed by atoms with E-state index in [9.17, 15) is 14.0 Å². The molecule has 1 aliphatic rings. The van der Waals surface area contributed by atoms with Crippen LogP contribution < -0.4 is 4.90 Å². The molecule has 28 heavy (non-hydrogen) atoms. The Morgan fingerprint density at radius 2 is 1.82 bits per heavy atom. The number of nitrogens with zero attached hydrogens (tertiary/aromatic N) is 2. The van der Waals surface area contributed by atoms with Crippen molar-refractivity contribution in [3.63, 3.8) is 0 Å². The normalized spacial score (nSPS) is 15.0. The molecule has 2 aromatic carbocycles. The highest BCUT2D eigenvalue weighted by atomic mass is 19.1. The van der Waals surface area contributed by atoms with E-state index in [2.05, 4.69) is 4.98 Å². The number of para-hydroxylation sites is 2. The van der Waals surface area contributed by atoms with Crippen molar-refractivity contribution in [2.24, 2.45) is 5.92 Å². The van der Waals surface area contributed by atoms with E-state index in [0.717, 1.165) is 11.1 Å². The number of carbonyl (C=O) groups excluding carboxylic acids is 2. The standard InChI is InChI=1S/C21H19FN2O4/c22-16-7-5-14(6-8-16)18(25)13-27-20(26)15-9-11-24(12-10-15)21-23-17-3-1-2-4-19(17)28-21/h1-8,15H,9-13H2. The van der Waals surface area contributed by atoms with Crippen molar-refractivity contribution in [3.05, 3.63) is 59.9 Å². The summed E-state index contributed by atoms with van der Waals surface area (Å²) in [6, 6.07) is 13.3. The Kier molecular flexibility index (Phi) is 5.06. The maximum absolute atomic E-state index is 12.9. The van der Waals surface area contributed by atoms with Gasteiger partial charge in [0.1, 0.15) is 11.3 Å². The third-order valence-corrected chi connectivity index (χ3v) is 4.89. The molecule has 0 saturated carbocycles. The lowest BCUT2D eigenvalue weighted by Gasteiger charge is -2.29. The number of anilines is 1. The topological polar surface area (TPSA) is 72.6 Å². The van der Waals surface area contributed by atoms with Gasteiger partial charge in [0, 0.05) is 18.7 Å². The predicted octanol–water partition coefficient (Wildman–Crippen LogP) is 3.61. The van der Waals surface area contributed by atoms with Gasteiger partial charge in [-0.1, -0.05) is 12.1 Å². The third-order valence-electron chi connectivity index (χ3n) is 4.89. The maximum atomic E-state index is 12.9. The number of esters is 1. The van der Waals surface area contributed by atoms with E-state index in [1.165, 1.54) is 24.3 Å². The number of benzene rings is 2. The van der Waals surface area contributed by atoms with E-state index in [1.54, 1.807) is 0 Å². The van der Waals surface area contributed by atoms with E-state index in [4.69, 9.17) is 9.15 Å². The molecule has 1 aromatic heterocycles. The Balaban J connectivity index is 1.29. The highest BCUT2D eigenvalue weighted by Crippen LogP contribution is 2.26. The highest BCUT2D eigenvalue weighted by molar-refractivity contribution is 5.98. The van der Waals surface area contributed by atoms with E-state index < -0.39 is 5.82 Å². The number of hydrogen-bond donors (Lipinski definition) is 0. The molecule has 1 fully saturated rings. The van der Waals surface area contributed by atoms with Crippen molar-refractivity contribution < 1.29 is 23.1 Å². The van der Waals surface area contributed by atoms with Gasteiger partial charge in [0.2, 0.25) is 0 Å². The van der Waals surface area contributed by atoms with Crippen LogP contribution in [0.1, 0.15) is 23.2 Å². The van der Waals surface area contributed by atoms with Crippen LogP contribution in [0.25, 0.3) is 11.1 Å². The number of hydrogen-bond acceptors (Lipinski definition) is 6. The molecule has 7 heteroatoms. The molecular weight excluding hydrogens is 363 g/mol. The molecule has 0 amide bonds. The van der Waals surface area contributed by atoms with Gasteiger partial charge >= 0.3 is 5.97 Å². The summed E-state index contributed by atoms with van der Waals surface area (Å²) in [5.41, 5.74) is 1.86. The molecule has 0 atom stereocenters. The zero-order valence-corrected chi connectivity index (χ0v) is 15.1. The Morgan fingerprint density at radius 3 is 2.54 bits per heavy atom. The van der Waals surface area contributed by atoms with Crippen molar-refractivity contribution in [1.82, 2.24) is 4.98 Å². The maximum Gasteiger partial charge on any atom is 0.309 e. The first-order chi connectivity index (χ1) is 13.6. The highest BCUT2D eigenvalue weighted by Gasteiger charge is 2.28. The van der Waals surface area contributed by atoms with E-state index in [1.807, 2.05) is 29.2 Å². The van der Waals surface area contributed by atoms with Gasteiger partial charge in [-0.3, -0.25) is 9.59 Å². The number of Topliss-reactive ketones (excluding diaryl/α,β-unsaturated/α-hetero) is 1. The van der Waals surface area contributed by atoms with Crippen molar-refractivity contribution in [2.45, 2.75) is 12.8 Å². The number of fused-ring (bicyclic) bond motifs is 1. The Morgan fingerprint density at radius 1 is 1.11 bits per heavy atom. The summed E-state index contributed by atoms with van der Waals surface area (Å²) in [6.45, 7) is 0.910. The molecule has 2 heterocycles. The minimum absolute atomic E-state index is 0.262. The van der Waals surface area contributed by atoms with E-state index in [0.29, 0.717) is 37.5 Å². The SMILES string of the molecule is O=C(COC(=O)C1CCN(c2nc3ccccc3o2)CC1)c1ccc(F)cc1. The van der Waals surface area contributed by atoms with Gasteiger partial charge in [0.15, 0.2) is 18.0 Å². The smallest absolute Gasteiger partial charge is 0.309 e. The average Bonchev–Trinajstić information content (AvgIpc) is 3.16. The summed E-state index contributed by atoms with van der Waals surface area (Å²) in [6.07, 6.45) is 1.20. The summed E-state index contributed by atoms with van der Waals surface area (Å²) in [5.74, 6) is -1.41. The second-order valence-electron chi connectivity index (χ2n) is 6.76. The number of ketones is 1.